The normalized spacial score (nSPS) is 12.1. The molecule has 30 heavy (non-hydrogen) atoms. The third kappa shape index (κ3) is 4.24. The summed E-state index contributed by atoms with van der Waals surface area (Å²) in [5, 5.41) is 8.27. The van der Waals surface area contributed by atoms with E-state index < -0.39 is 12.1 Å². The Hall–Kier alpha value is -3.88. The number of para-hydroxylation sites is 1. The molecule has 4 rings (SSSR count). The third-order valence-corrected chi connectivity index (χ3v) is 4.42. The largest absolute Gasteiger partial charge is 0.453 e. The number of nitrogens with one attached hydrogen (secondary N) is 1. The second kappa shape index (κ2) is 8.24. The van der Waals surface area contributed by atoms with E-state index in [0.717, 1.165) is 0 Å². The number of benzene rings is 2. The van der Waals surface area contributed by atoms with E-state index in [1.165, 1.54) is 24.3 Å². The molecule has 0 amide bonds. The molecule has 0 spiro atoms. The molecule has 1 N–H and O–H groups in total. The lowest BCUT2D eigenvalue weighted by Crippen LogP contribution is -2.14. The number of hydrogen-bond acceptors (Lipinski definition) is 7. The van der Waals surface area contributed by atoms with Crippen LogP contribution in [0, 0.1) is 5.82 Å². The van der Waals surface area contributed by atoms with Crippen LogP contribution >= 0.6 is 0 Å². The van der Waals surface area contributed by atoms with Gasteiger partial charge in [0.15, 0.2) is 6.10 Å². The van der Waals surface area contributed by atoms with Gasteiger partial charge in [-0.3, -0.25) is 9.59 Å². The number of carbonyl (C=O) groups excluding carboxylic acids is 1. The Balaban J connectivity index is 1.37. The van der Waals surface area contributed by atoms with Crippen LogP contribution in [0.25, 0.3) is 22.4 Å². The van der Waals surface area contributed by atoms with Crippen LogP contribution in [0.4, 0.5) is 4.39 Å². The molecule has 0 bridgehead atoms. The molecule has 9 heteroatoms. The smallest absolute Gasteiger partial charge is 0.307 e. The van der Waals surface area contributed by atoms with Crippen molar-refractivity contribution in [3.8, 4) is 11.5 Å². The second-order valence-corrected chi connectivity index (χ2v) is 6.61. The van der Waals surface area contributed by atoms with Gasteiger partial charge in [-0.05, 0) is 43.3 Å². The van der Waals surface area contributed by atoms with Crippen molar-refractivity contribution in [2.45, 2.75) is 25.9 Å². The van der Waals surface area contributed by atoms with Crippen LogP contribution in [-0.2, 0) is 16.0 Å². The van der Waals surface area contributed by atoms with Gasteiger partial charge in [-0.15, -0.1) is 10.2 Å². The molecule has 0 fully saturated rings. The summed E-state index contributed by atoms with van der Waals surface area (Å²) in [5.74, 6) is -0.145. The molecule has 0 unspecified atom stereocenters. The number of fused-ring (bicyclic) bond motifs is 1. The first kappa shape index (κ1) is 19.4. The molecular weight excluding hydrogens is 391 g/mol. The van der Waals surface area contributed by atoms with Crippen LogP contribution in [0.5, 0.6) is 0 Å². The number of aryl methyl sites for hydroxylation is 1. The van der Waals surface area contributed by atoms with Crippen molar-refractivity contribution >= 4 is 16.9 Å². The Morgan fingerprint density at radius 1 is 1.17 bits per heavy atom. The fourth-order valence-corrected chi connectivity index (χ4v) is 2.89. The maximum atomic E-state index is 13.0. The highest BCUT2D eigenvalue weighted by molar-refractivity contribution is 5.77. The fraction of sp³-hybridized carbons (Fsp3) is 0.190. The molecule has 4 aromatic rings. The van der Waals surface area contributed by atoms with Crippen molar-refractivity contribution in [2.75, 3.05) is 0 Å². The summed E-state index contributed by atoms with van der Waals surface area (Å²) in [5.41, 5.74) is 0.869. The summed E-state index contributed by atoms with van der Waals surface area (Å²) in [7, 11) is 0. The van der Waals surface area contributed by atoms with Crippen LogP contribution < -0.4 is 5.56 Å². The summed E-state index contributed by atoms with van der Waals surface area (Å²) >= 11 is 0. The zero-order valence-electron chi connectivity index (χ0n) is 16.0. The number of aromatic nitrogens is 4. The van der Waals surface area contributed by atoms with Crippen molar-refractivity contribution in [3.05, 3.63) is 76.4 Å². The number of H-pyrrole nitrogens is 1. The van der Waals surface area contributed by atoms with Gasteiger partial charge in [0.1, 0.15) is 11.6 Å². The molecule has 2 aromatic heterocycles. The van der Waals surface area contributed by atoms with Crippen molar-refractivity contribution in [3.63, 3.8) is 0 Å². The van der Waals surface area contributed by atoms with E-state index in [-0.39, 0.29) is 36.0 Å². The number of hydrogen-bond donors (Lipinski definition) is 1. The first-order chi connectivity index (χ1) is 14.5. The van der Waals surface area contributed by atoms with Gasteiger partial charge in [-0.25, -0.2) is 9.37 Å². The van der Waals surface area contributed by atoms with E-state index in [4.69, 9.17) is 9.15 Å². The van der Waals surface area contributed by atoms with E-state index in [9.17, 15) is 14.0 Å². The summed E-state index contributed by atoms with van der Waals surface area (Å²) < 4.78 is 23.9. The molecule has 152 valence electrons. The molecule has 0 saturated heterocycles. The highest BCUT2D eigenvalue weighted by Crippen LogP contribution is 2.23. The molecule has 0 saturated carbocycles. The molecule has 0 aliphatic carbocycles. The zero-order chi connectivity index (χ0) is 21.1. The van der Waals surface area contributed by atoms with Crippen LogP contribution in [0.3, 0.4) is 0 Å². The SMILES string of the molecule is C[C@@H](OC(=O)CCc1nc2ccccc2c(=O)[nH]1)c1nnc(-c2ccc(F)cc2)o1. The Bertz CT molecular complexity index is 1250. The summed E-state index contributed by atoms with van der Waals surface area (Å²) in [6.45, 7) is 1.61. The van der Waals surface area contributed by atoms with Gasteiger partial charge in [-0.1, -0.05) is 12.1 Å². The molecular formula is C21H17FN4O4. The minimum atomic E-state index is -0.761. The minimum Gasteiger partial charge on any atom is -0.453 e. The monoisotopic (exact) mass is 408 g/mol. The zero-order valence-corrected chi connectivity index (χ0v) is 16.0. The summed E-state index contributed by atoms with van der Waals surface area (Å²) in [6, 6.07) is 12.6. The van der Waals surface area contributed by atoms with Gasteiger partial charge in [-0.2, -0.15) is 0 Å². The van der Waals surface area contributed by atoms with Gasteiger partial charge in [0.05, 0.1) is 17.3 Å². The highest BCUT2D eigenvalue weighted by atomic mass is 19.1. The highest BCUT2D eigenvalue weighted by Gasteiger charge is 2.19. The Kier molecular flexibility index (Phi) is 5.34. The lowest BCUT2D eigenvalue weighted by atomic mass is 10.2. The van der Waals surface area contributed by atoms with Crippen LogP contribution in [-0.4, -0.2) is 26.1 Å². The van der Waals surface area contributed by atoms with E-state index in [1.54, 1.807) is 31.2 Å². The molecule has 0 radical (unpaired) electrons. The van der Waals surface area contributed by atoms with Crippen LogP contribution in [0.15, 0.2) is 57.7 Å². The molecule has 0 aliphatic heterocycles. The van der Waals surface area contributed by atoms with Crippen molar-refractivity contribution < 1.29 is 18.3 Å². The summed E-state index contributed by atoms with van der Waals surface area (Å²) in [4.78, 5) is 31.3. The quantitative estimate of drug-likeness (QED) is 0.487. The molecule has 0 aliphatic rings. The second-order valence-electron chi connectivity index (χ2n) is 6.61. The Labute approximate surface area is 169 Å². The average molecular weight is 408 g/mol. The predicted molar refractivity (Wildman–Crippen MR) is 105 cm³/mol. The maximum absolute atomic E-state index is 13.0. The minimum absolute atomic E-state index is 0.0184. The van der Waals surface area contributed by atoms with Gasteiger partial charge in [0, 0.05) is 12.0 Å². The van der Waals surface area contributed by atoms with Crippen molar-refractivity contribution in [1.29, 1.82) is 0 Å². The van der Waals surface area contributed by atoms with E-state index >= 15 is 0 Å². The molecule has 2 heterocycles. The number of halogens is 1. The number of nitrogens with zero attached hydrogens (tertiary/aromatic N) is 3. The fourth-order valence-electron chi connectivity index (χ4n) is 2.89. The predicted octanol–water partition coefficient (Wildman–Crippen LogP) is 3.35. The lowest BCUT2D eigenvalue weighted by molar-refractivity contribution is -0.149. The van der Waals surface area contributed by atoms with E-state index in [2.05, 4.69) is 20.2 Å². The average Bonchev–Trinajstić information content (AvgIpc) is 3.23. The maximum Gasteiger partial charge on any atom is 0.307 e. The van der Waals surface area contributed by atoms with Gasteiger partial charge >= 0.3 is 5.97 Å². The van der Waals surface area contributed by atoms with Gasteiger partial charge < -0.3 is 14.1 Å². The lowest BCUT2D eigenvalue weighted by Gasteiger charge is -2.09. The number of carbonyl (C=O) groups is 1. The van der Waals surface area contributed by atoms with E-state index in [0.29, 0.717) is 22.3 Å². The van der Waals surface area contributed by atoms with Crippen molar-refractivity contribution in [2.24, 2.45) is 0 Å². The standard InChI is InChI=1S/C21H17FN4O4/c1-12(20-25-26-21(30-20)13-6-8-14(22)9-7-13)29-18(27)11-10-17-23-16-5-3-2-4-15(16)19(28)24-17/h2-9,12H,10-11H2,1H3,(H,23,24,28)/t12-/m1/s1. The van der Waals surface area contributed by atoms with E-state index in [1.807, 2.05) is 0 Å². The first-order valence-corrected chi connectivity index (χ1v) is 9.26. The first-order valence-electron chi connectivity index (χ1n) is 9.26. The van der Waals surface area contributed by atoms with Crippen molar-refractivity contribution in [1.82, 2.24) is 20.2 Å². The van der Waals surface area contributed by atoms with Gasteiger partial charge in [0.2, 0.25) is 5.89 Å². The van der Waals surface area contributed by atoms with Gasteiger partial charge in [0.25, 0.3) is 11.4 Å². The summed E-state index contributed by atoms with van der Waals surface area (Å²) in [6.07, 6.45) is -0.524. The van der Waals surface area contributed by atoms with Crippen LogP contribution in [0.2, 0.25) is 0 Å². The number of esters is 1. The molecule has 1 atom stereocenters. The molecule has 8 nitrogen and oxygen atoms in total. The Morgan fingerprint density at radius 2 is 1.93 bits per heavy atom. The molecule has 2 aromatic carbocycles. The number of rotatable bonds is 6. The number of ether oxygens (including phenoxy) is 1. The Morgan fingerprint density at radius 3 is 2.73 bits per heavy atom. The number of aromatic amines is 1. The third-order valence-electron chi connectivity index (χ3n) is 4.42. The topological polar surface area (TPSA) is 111 Å². The van der Waals surface area contributed by atoms with Crippen LogP contribution in [0.1, 0.15) is 31.2 Å².